The summed E-state index contributed by atoms with van der Waals surface area (Å²) in [6.07, 6.45) is 1.41. The van der Waals surface area contributed by atoms with E-state index in [4.69, 9.17) is 4.74 Å². The molecule has 2 fully saturated rings. The molecule has 2 N–H and O–H groups in total. The van der Waals surface area contributed by atoms with Crippen LogP contribution in [0.25, 0.3) is 0 Å². The minimum Gasteiger partial charge on any atom is -0.457 e. The molecule has 0 saturated carbocycles. The number of amides is 1. The molecule has 5 nitrogen and oxygen atoms in total. The number of hydrogen-bond donors (Lipinski definition) is 2. The van der Waals surface area contributed by atoms with Gasteiger partial charge in [0, 0.05) is 31.1 Å². The fourth-order valence-electron chi connectivity index (χ4n) is 3.91. The maximum absolute atomic E-state index is 13.0. The van der Waals surface area contributed by atoms with Gasteiger partial charge >= 0.3 is 0 Å². The van der Waals surface area contributed by atoms with E-state index < -0.39 is 5.60 Å². The molecular formula is C21H24N2O3. The van der Waals surface area contributed by atoms with Gasteiger partial charge in [0.1, 0.15) is 11.5 Å². The van der Waals surface area contributed by atoms with Crippen LogP contribution in [0, 0.1) is 5.92 Å². The van der Waals surface area contributed by atoms with Crippen molar-refractivity contribution in [2.75, 3.05) is 26.2 Å². The second-order valence-corrected chi connectivity index (χ2v) is 7.20. The number of aliphatic hydroxyl groups is 1. The van der Waals surface area contributed by atoms with Crippen molar-refractivity contribution in [2.24, 2.45) is 5.92 Å². The standard InChI is InChI=1S/C21H24N2O3/c24-20(23-12-10-21(25)9-11-22-14-17(21)15-23)16-5-4-8-19(13-16)26-18-6-2-1-3-7-18/h1-8,13,17,22,25H,9-12,14-15H2/t17-,21-/m0/s1. The minimum atomic E-state index is -0.625. The minimum absolute atomic E-state index is 0.00358. The summed E-state index contributed by atoms with van der Waals surface area (Å²) in [6.45, 7) is 2.79. The zero-order valence-corrected chi connectivity index (χ0v) is 14.7. The van der Waals surface area contributed by atoms with Gasteiger partial charge in [-0.2, -0.15) is 0 Å². The number of rotatable bonds is 3. The van der Waals surface area contributed by atoms with E-state index in [0.717, 1.165) is 25.3 Å². The van der Waals surface area contributed by atoms with E-state index in [1.165, 1.54) is 0 Å². The van der Waals surface area contributed by atoms with E-state index in [2.05, 4.69) is 5.32 Å². The molecule has 2 aliphatic rings. The summed E-state index contributed by atoms with van der Waals surface area (Å²) in [7, 11) is 0. The van der Waals surface area contributed by atoms with Gasteiger partial charge in [-0.05, 0) is 49.7 Å². The molecule has 0 aromatic heterocycles. The van der Waals surface area contributed by atoms with Gasteiger partial charge in [0.25, 0.3) is 5.91 Å². The van der Waals surface area contributed by atoms with Crippen LogP contribution in [0.2, 0.25) is 0 Å². The lowest BCUT2D eigenvalue weighted by atomic mass is 9.76. The Morgan fingerprint density at radius 2 is 1.92 bits per heavy atom. The first kappa shape index (κ1) is 17.1. The number of carbonyl (C=O) groups is 1. The first-order chi connectivity index (χ1) is 12.6. The fraction of sp³-hybridized carbons (Fsp3) is 0.381. The van der Waals surface area contributed by atoms with Crippen molar-refractivity contribution in [1.29, 1.82) is 0 Å². The molecule has 2 atom stereocenters. The Labute approximate surface area is 153 Å². The van der Waals surface area contributed by atoms with Crippen LogP contribution in [0.4, 0.5) is 0 Å². The average molecular weight is 352 g/mol. The lowest BCUT2D eigenvalue weighted by Gasteiger charge is -2.47. The van der Waals surface area contributed by atoms with Gasteiger partial charge < -0.3 is 20.1 Å². The molecule has 26 heavy (non-hydrogen) atoms. The third-order valence-corrected chi connectivity index (χ3v) is 5.49. The molecule has 0 aliphatic carbocycles. The summed E-state index contributed by atoms with van der Waals surface area (Å²) in [5.41, 5.74) is -0.00652. The average Bonchev–Trinajstić information content (AvgIpc) is 2.68. The predicted octanol–water partition coefficient (Wildman–Crippen LogP) is 2.67. The van der Waals surface area contributed by atoms with Crippen molar-refractivity contribution < 1.29 is 14.6 Å². The third kappa shape index (κ3) is 3.45. The van der Waals surface area contributed by atoms with Crippen molar-refractivity contribution in [3.8, 4) is 11.5 Å². The summed E-state index contributed by atoms with van der Waals surface area (Å²) in [6, 6.07) is 16.8. The molecule has 136 valence electrons. The Morgan fingerprint density at radius 1 is 1.12 bits per heavy atom. The van der Waals surface area contributed by atoms with Crippen LogP contribution in [0.3, 0.4) is 0 Å². The van der Waals surface area contributed by atoms with Gasteiger partial charge in [0.2, 0.25) is 0 Å². The van der Waals surface area contributed by atoms with Gasteiger partial charge in [0.05, 0.1) is 5.60 Å². The van der Waals surface area contributed by atoms with Crippen LogP contribution in [0.1, 0.15) is 23.2 Å². The number of para-hydroxylation sites is 1. The van der Waals surface area contributed by atoms with E-state index in [0.29, 0.717) is 30.8 Å². The Kier molecular flexibility index (Phi) is 4.66. The monoisotopic (exact) mass is 352 g/mol. The Hall–Kier alpha value is -2.37. The maximum Gasteiger partial charge on any atom is 0.254 e. The van der Waals surface area contributed by atoms with Crippen molar-refractivity contribution >= 4 is 5.91 Å². The number of ether oxygens (including phenoxy) is 1. The molecule has 0 spiro atoms. The number of nitrogens with one attached hydrogen (secondary N) is 1. The smallest absolute Gasteiger partial charge is 0.254 e. The number of carbonyl (C=O) groups excluding carboxylic acids is 1. The quantitative estimate of drug-likeness (QED) is 0.892. The Morgan fingerprint density at radius 3 is 2.77 bits per heavy atom. The van der Waals surface area contributed by atoms with Crippen molar-refractivity contribution in [1.82, 2.24) is 10.2 Å². The molecule has 2 heterocycles. The zero-order valence-electron chi connectivity index (χ0n) is 14.7. The highest BCUT2D eigenvalue weighted by atomic mass is 16.5. The molecule has 2 aromatic rings. The fourth-order valence-corrected chi connectivity index (χ4v) is 3.91. The SMILES string of the molecule is O=C(c1cccc(Oc2ccccc2)c1)N1CC[C@@]2(O)CCNC[C@H]2C1. The number of hydrogen-bond acceptors (Lipinski definition) is 4. The van der Waals surface area contributed by atoms with Crippen LogP contribution in [0.15, 0.2) is 54.6 Å². The van der Waals surface area contributed by atoms with Crippen LogP contribution in [0.5, 0.6) is 11.5 Å². The lowest BCUT2D eigenvalue weighted by Crippen LogP contribution is -2.59. The maximum atomic E-state index is 13.0. The van der Waals surface area contributed by atoms with E-state index in [9.17, 15) is 9.90 Å². The number of nitrogens with zero attached hydrogens (tertiary/aromatic N) is 1. The molecular weight excluding hydrogens is 328 g/mol. The highest BCUT2D eigenvalue weighted by Crippen LogP contribution is 2.33. The molecule has 2 aliphatic heterocycles. The molecule has 0 unspecified atom stereocenters. The van der Waals surface area contributed by atoms with Crippen molar-refractivity contribution in [2.45, 2.75) is 18.4 Å². The number of benzene rings is 2. The highest BCUT2D eigenvalue weighted by Gasteiger charge is 2.43. The van der Waals surface area contributed by atoms with Gasteiger partial charge in [-0.25, -0.2) is 0 Å². The lowest BCUT2D eigenvalue weighted by molar-refractivity contribution is -0.0817. The molecule has 0 radical (unpaired) electrons. The molecule has 4 rings (SSSR count). The summed E-state index contributed by atoms with van der Waals surface area (Å²) in [5, 5.41) is 14.1. The predicted molar refractivity (Wildman–Crippen MR) is 99.4 cm³/mol. The van der Waals surface area contributed by atoms with Crippen LogP contribution >= 0.6 is 0 Å². The third-order valence-electron chi connectivity index (χ3n) is 5.49. The normalized spacial score (nSPS) is 25.4. The molecule has 5 heteroatoms. The molecule has 1 amide bonds. The Bertz CT molecular complexity index is 780. The van der Waals surface area contributed by atoms with Crippen LogP contribution < -0.4 is 10.1 Å². The van der Waals surface area contributed by atoms with Gasteiger partial charge in [-0.3, -0.25) is 4.79 Å². The molecule has 2 aromatic carbocycles. The first-order valence-electron chi connectivity index (χ1n) is 9.19. The zero-order chi connectivity index (χ0) is 18.0. The van der Waals surface area contributed by atoms with Gasteiger partial charge in [0.15, 0.2) is 0 Å². The van der Waals surface area contributed by atoms with Gasteiger partial charge in [-0.1, -0.05) is 24.3 Å². The summed E-state index contributed by atoms with van der Waals surface area (Å²) >= 11 is 0. The van der Waals surface area contributed by atoms with Gasteiger partial charge in [-0.15, -0.1) is 0 Å². The largest absolute Gasteiger partial charge is 0.457 e. The highest BCUT2D eigenvalue weighted by molar-refractivity contribution is 5.94. The van der Waals surface area contributed by atoms with Crippen LogP contribution in [-0.2, 0) is 0 Å². The van der Waals surface area contributed by atoms with Crippen LogP contribution in [-0.4, -0.2) is 47.7 Å². The molecule has 2 saturated heterocycles. The van der Waals surface area contributed by atoms with E-state index >= 15 is 0 Å². The second kappa shape index (κ2) is 7.09. The Balaban J connectivity index is 1.47. The first-order valence-corrected chi connectivity index (χ1v) is 9.19. The second-order valence-electron chi connectivity index (χ2n) is 7.20. The number of likely N-dealkylation sites (tertiary alicyclic amines) is 1. The summed E-state index contributed by atoms with van der Waals surface area (Å²) < 4.78 is 5.84. The number of piperidine rings is 2. The van der Waals surface area contributed by atoms with Crippen molar-refractivity contribution in [3.63, 3.8) is 0 Å². The summed E-state index contributed by atoms with van der Waals surface area (Å²) in [5.74, 6) is 1.48. The number of fused-ring (bicyclic) bond motifs is 1. The van der Waals surface area contributed by atoms with Crippen molar-refractivity contribution in [3.05, 3.63) is 60.2 Å². The topological polar surface area (TPSA) is 61.8 Å². The summed E-state index contributed by atoms with van der Waals surface area (Å²) in [4.78, 5) is 14.8. The van der Waals surface area contributed by atoms with E-state index in [1.807, 2.05) is 53.4 Å². The molecule has 0 bridgehead atoms. The van der Waals surface area contributed by atoms with E-state index in [1.54, 1.807) is 6.07 Å². The van der Waals surface area contributed by atoms with E-state index in [-0.39, 0.29) is 11.8 Å².